The number of hydrogen-bond acceptors (Lipinski definition) is 3. The monoisotopic (exact) mass is 546 g/mol. The number of benzene rings is 3. The summed E-state index contributed by atoms with van der Waals surface area (Å²) in [7, 11) is 1.54. The molecule has 0 bridgehead atoms. The van der Waals surface area contributed by atoms with Crippen LogP contribution in [0.4, 0.5) is 4.39 Å². The fourth-order valence-electron chi connectivity index (χ4n) is 3.27. The Labute approximate surface area is 200 Å². The molecular formula is C25H24FIN2O3. The number of likely N-dealkylation sites (N-methyl/N-ethyl adjacent to an activating group) is 1. The summed E-state index contributed by atoms with van der Waals surface area (Å²) in [5, 5.41) is 2.66. The van der Waals surface area contributed by atoms with Crippen LogP contribution in [0.15, 0.2) is 78.9 Å². The lowest BCUT2D eigenvalue weighted by atomic mass is 10.0. The van der Waals surface area contributed by atoms with Gasteiger partial charge in [-0.3, -0.25) is 9.59 Å². The molecule has 0 aliphatic carbocycles. The van der Waals surface area contributed by atoms with Gasteiger partial charge in [-0.15, -0.1) is 0 Å². The van der Waals surface area contributed by atoms with Crippen LogP contribution in [0.3, 0.4) is 0 Å². The van der Waals surface area contributed by atoms with Gasteiger partial charge >= 0.3 is 0 Å². The van der Waals surface area contributed by atoms with Gasteiger partial charge < -0.3 is 15.0 Å². The summed E-state index contributed by atoms with van der Waals surface area (Å²) in [6.45, 7) is -0.0653. The highest BCUT2D eigenvalue weighted by Crippen LogP contribution is 2.17. The molecule has 166 valence electrons. The molecule has 3 aromatic carbocycles. The van der Waals surface area contributed by atoms with Crippen molar-refractivity contribution in [1.29, 1.82) is 0 Å². The summed E-state index contributed by atoms with van der Waals surface area (Å²) in [6, 6.07) is 22.0. The number of nitrogens with one attached hydrogen (secondary N) is 1. The Bertz CT molecular complexity index is 1030. The van der Waals surface area contributed by atoms with E-state index < -0.39 is 6.04 Å². The van der Waals surface area contributed by atoms with Crippen molar-refractivity contribution >= 4 is 34.4 Å². The molecule has 0 saturated carbocycles. The second-order valence-corrected chi connectivity index (χ2v) is 8.46. The average molecular weight is 546 g/mol. The molecule has 0 radical (unpaired) electrons. The third-order valence-electron chi connectivity index (χ3n) is 4.96. The highest BCUT2D eigenvalue weighted by Gasteiger charge is 2.30. The van der Waals surface area contributed by atoms with E-state index in [4.69, 9.17) is 4.74 Å². The molecule has 3 rings (SSSR count). The molecule has 7 heteroatoms. The predicted molar refractivity (Wildman–Crippen MR) is 130 cm³/mol. The van der Waals surface area contributed by atoms with E-state index in [1.165, 1.54) is 17.0 Å². The fraction of sp³-hybridized carbons (Fsp3) is 0.200. The summed E-state index contributed by atoms with van der Waals surface area (Å²) in [4.78, 5) is 27.6. The molecule has 32 heavy (non-hydrogen) atoms. The number of hydrogen-bond donors (Lipinski definition) is 1. The molecule has 1 atom stereocenters. The molecular weight excluding hydrogens is 522 g/mol. The zero-order valence-electron chi connectivity index (χ0n) is 17.6. The van der Waals surface area contributed by atoms with Crippen LogP contribution in [0.5, 0.6) is 5.75 Å². The van der Waals surface area contributed by atoms with E-state index >= 15 is 0 Å². The maximum Gasteiger partial charge on any atom is 0.261 e. The molecule has 1 N–H and O–H groups in total. The summed E-state index contributed by atoms with van der Waals surface area (Å²) in [5.74, 6) is -0.406. The van der Waals surface area contributed by atoms with Gasteiger partial charge in [-0.25, -0.2) is 4.39 Å². The molecule has 0 unspecified atom stereocenters. The van der Waals surface area contributed by atoms with Gasteiger partial charge in [0.25, 0.3) is 5.91 Å². The smallest absolute Gasteiger partial charge is 0.261 e. The first-order chi connectivity index (χ1) is 15.5. The molecule has 0 spiro atoms. The molecule has 5 nitrogen and oxygen atoms in total. The molecule has 0 aromatic heterocycles. The van der Waals surface area contributed by atoms with Crippen molar-refractivity contribution < 1.29 is 18.7 Å². The van der Waals surface area contributed by atoms with E-state index in [0.717, 1.165) is 14.7 Å². The van der Waals surface area contributed by atoms with E-state index in [0.29, 0.717) is 12.2 Å². The number of rotatable bonds is 9. The Morgan fingerprint density at radius 2 is 1.62 bits per heavy atom. The molecule has 3 aromatic rings. The lowest BCUT2D eigenvalue weighted by Gasteiger charge is -2.31. The zero-order chi connectivity index (χ0) is 22.9. The SMILES string of the molecule is CNC(=O)[C@H](Cc1ccccc1)N(Cc1ccc(F)cc1)C(=O)COc1ccc(I)cc1. The van der Waals surface area contributed by atoms with Gasteiger partial charge in [0.15, 0.2) is 6.61 Å². The lowest BCUT2D eigenvalue weighted by Crippen LogP contribution is -2.51. The van der Waals surface area contributed by atoms with Gasteiger partial charge in [0.2, 0.25) is 5.91 Å². The van der Waals surface area contributed by atoms with Crippen molar-refractivity contribution in [1.82, 2.24) is 10.2 Å². The van der Waals surface area contributed by atoms with Gasteiger partial charge in [0.1, 0.15) is 17.6 Å². The molecule has 0 aliphatic heterocycles. The third-order valence-corrected chi connectivity index (χ3v) is 5.68. The Morgan fingerprint density at radius 3 is 2.25 bits per heavy atom. The first-order valence-electron chi connectivity index (χ1n) is 10.1. The second-order valence-electron chi connectivity index (χ2n) is 7.21. The van der Waals surface area contributed by atoms with Gasteiger partial charge in [-0.2, -0.15) is 0 Å². The van der Waals surface area contributed by atoms with Crippen LogP contribution in [-0.4, -0.2) is 36.4 Å². The van der Waals surface area contributed by atoms with Crippen LogP contribution < -0.4 is 10.1 Å². The molecule has 0 aliphatic rings. The molecule has 0 saturated heterocycles. The standard InChI is InChI=1S/C25H24FIN2O3/c1-28-25(31)23(15-18-5-3-2-4-6-18)29(16-19-7-9-20(26)10-8-19)24(30)17-32-22-13-11-21(27)12-14-22/h2-14,23H,15-17H2,1H3,(H,28,31)/t23-/m0/s1. The van der Waals surface area contributed by atoms with Crippen LogP contribution in [0.1, 0.15) is 11.1 Å². The van der Waals surface area contributed by atoms with Crippen LogP contribution in [0.25, 0.3) is 0 Å². The molecule has 0 heterocycles. The third kappa shape index (κ3) is 6.78. The van der Waals surface area contributed by atoms with Crippen LogP contribution in [-0.2, 0) is 22.6 Å². The summed E-state index contributed by atoms with van der Waals surface area (Å²) in [5.41, 5.74) is 1.65. The van der Waals surface area contributed by atoms with Crippen molar-refractivity contribution in [3.05, 3.63) is 99.4 Å². The summed E-state index contributed by atoms with van der Waals surface area (Å²) < 4.78 is 20.1. The fourth-order valence-corrected chi connectivity index (χ4v) is 3.63. The van der Waals surface area contributed by atoms with Crippen molar-refractivity contribution in [3.63, 3.8) is 0 Å². The van der Waals surface area contributed by atoms with Crippen LogP contribution in [0.2, 0.25) is 0 Å². The first-order valence-corrected chi connectivity index (χ1v) is 11.2. The van der Waals surface area contributed by atoms with E-state index in [1.54, 1.807) is 31.3 Å². The minimum atomic E-state index is -0.750. The Kier molecular flexibility index (Phi) is 8.61. The highest BCUT2D eigenvalue weighted by atomic mass is 127. The Hall–Kier alpha value is -2.94. The highest BCUT2D eigenvalue weighted by molar-refractivity contribution is 14.1. The van der Waals surface area contributed by atoms with Crippen molar-refractivity contribution in [3.8, 4) is 5.75 Å². The number of carbonyl (C=O) groups is 2. The number of ether oxygens (including phenoxy) is 1. The van der Waals surface area contributed by atoms with Crippen LogP contribution >= 0.6 is 22.6 Å². The second kappa shape index (κ2) is 11.6. The van der Waals surface area contributed by atoms with Gasteiger partial charge in [0, 0.05) is 23.6 Å². The number of amides is 2. The first kappa shape index (κ1) is 23.7. The van der Waals surface area contributed by atoms with Gasteiger partial charge in [-0.1, -0.05) is 42.5 Å². The van der Waals surface area contributed by atoms with Gasteiger partial charge in [-0.05, 0) is 70.1 Å². The number of nitrogens with zero attached hydrogens (tertiary/aromatic N) is 1. The Balaban J connectivity index is 1.85. The minimum Gasteiger partial charge on any atom is -0.484 e. The van der Waals surface area contributed by atoms with Gasteiger partial charge in [0.05, 0.1) is 0 Å². The average Bonchev–Trinajstić information content (AvgIpc) is 2.82. The quantitative estimate of drug-likeness (QED) is 0.410. The summed E-state index contributed by atoms with van der Waals surface area (Å²) in [6.07, 6.45) is 0.344. The largest absolute Gasteiger partial charge is 0.484 e. The van der Waals surface area contributed by atoms with E-state index in [-0.39, 0.29) is 30.8 Å². The predicted octanol–water partition coefficient (Wildman–Crippen LogP) is 4.20. The van der Waals surface area contributed by atoms with E-state index in [2.05, 4.69) is 27.9 Å². The maximum absolute atomic E-state index is 13.4. The van der Waals surface area contributed by atoms with Crippen molar-refractivity contribution in [2.45, 2.75) is 19.0 Å². The minimum absolute atomic E-state index is 0.153. The molecule has 2 amide bonds. The van der Waals surface area contributed by atoms with Crippen LogP contribution in [0, 0.1) is 9.39 Å². The normalized spacial score (nSPS) is 11.5. The number of halogens is 2. The summed E-state index contributed by atoms with van der Waals surface area (Å²) >= 11 is 2.19. The lowest BCUT2D eigenvalue weighted by molar-refractivity contribution is -0.142. The molecule has 0 fully saturated rings. The Morgan fingerprint density at radius 1 is 0.969 bits per heavy atom. The van der Waals surface area contributed by atoms with E-state index in [1.807, 2.05) is 42.5 Å². The maximum atomic E-state index is 13.4. The number of carbonyl (C=O) groups excluding carboxylic acids is 2. The topological polar surface area (TPSA) is 58.6 Å². The van der Waals surface area contributed by atoms with Crippen molar-refractivity contribution in [2.24, 2.45) is 0 Å². The zero-order valence-corrected chi connectivity index (χ0v) is 19.8. The van der Waals surface area contributed by atoms with E-state index in [9.17, 15) is 14.0 Å². The van der Waals surface area contributed by atoms with Crippen molar-refractivity contribution in [2.75, 3.05) is 13.7 Å².